The number of halogens is 3. The average molecular weight is 553 g/mol. The second kappa shape index (κ2) is 10.1. The molecule has 13 heteroatoms. The van der Waals surface area contributed by atoms with Crippen molar-refractivity contribution in [2.75, 3.05) is 18.1 Å². The number of hydrogen-bond acceptors (Lipinski definition) is 8. The molecule has 1 aromatic carbocycles. The predicted molar refractivity (Wildman–Crippen MR) is 132 cm³/mol. The van der Waals surface area contributed by atoms with Crippen molar-refractivity contribution in [1.29, 1.82) is 0 Å². The Morgan fingerprint density at radius 3 is 2.66 bits per heavy atom. The molecule has 3 aromatic rings. The predicted octanol–water partition coefficient (Wildman–Crippen LogP) is 5.75. The first kappa shape index (κ1) is 26.3. The topological polar surface area (TPSA) is 115 Å². The minimum absolute atomic E-state index is 0.00344. The van der Waals surface area contributed by atoms with E-state index in [0.717, 1.165) is 25.2 Å². The third-order valence-corrected chi connectivity index (χ3v) is 8.14. The van der Waals surface area contributed by atoms with Crippen LogP contribution in [0.25, 0.3) is 11.1 Å². The summed E-state index contributed by atoms with van der Waals surface area (Å²) in [7, 11) is -3.57. The van der Waals surface area contributed by atoms with Crippen LogP contribution in [-0.4, -0.2) is 54.2 Å². The standard InChI is InChI=1S/C25H27F3N4O5S/c1-38(34,35)16-5-6-19(18(26)12-16)31-23-22-21(29-14-30-23)17(13-36-22)20-4-2-3-11-32(20)24(33)37-15-7-9-25(27,28)10-8-15/h5-6,12-15,20H,2-4,7-11H2,1H3,(H,29,30,31). The van der Waals surface area contributed by atoms with Crippen LogP contribution in [0.2, 0.25) is 0 Å². The third kappa shape index (κ3) is 5.42. The molecule has 9 nitrogen and oxygen atoms in total. The maximum absolute atomic E-state index is 14.6. The molecular weight excluding hydrogens is 525 g/mol. The van der Waals surface area contributed by atoms with E-state index in [2.05, 4.69) is 15.3 Å². The number of nitrogens with zero attached hydrogens (tertiary/aromatic N) is 3. The summed E-state index contributed by atoms with van der Waals surface area (Å²) in [5.74, 6) is -3.33. The molecule has 0 bridgehead atoms. The highest BCUT2D eigenvalue weighted by molar-refractivity contribution is 7.90. The zero-order chi connectivity index (χ0) is 27.1. The number of furan rings is 1. The molecule has 204 valence electrons. The smallest absolute Gasteiger partial charge is 0.410 e. The fourth-order valence-corrected chi connectivity index (χ4v) is 5.60. The van der Waals surface area contributed by atoms with E-state index in [9.17, 15) is 26.4 Å². The molecule has 38 heavy (non-hydrogen) atoms. The van der Waals surface area contributed by atoms with Gasteiger partial charge in [0.2, 0.25) is 5.92 Å². The van der Waals surface area contributed by atoms with E-state index in [1.807, 2.05) is 0 Å². The van der Waals surface area contributed by atoms with Crippen LogP contribution in [0, 0.1) is 5.82 Å². The van der Waals surface area contributed by atoms with Crippen LogP contribution in [-0.2, 0) is 14.6 Å². The van der Waals surface area contributed by atoms with Crippen LogP contribution in [0.15, 0.2) is 40.1 Å². The summed E-state index contributed by atoms with van der Waals surface area (Å²) in [6.07, 6.45) is 4.53. The van der Waals surface area contributed by atoms with E-state index >= 15 is 0 Å². The SMILES string of the molecule is CS(=O)(=O)c1ccc(Nc2ncnc3c(C4CCCCN4C(=O)OC4CCC(F)(F)CC4)coc23)c(F)c1. The van der Waals surface area contributed by atoms with Crippen molar-refractivity contribution in [2.45, 2.75) is 67.9 Å². The number of carbonyl (C=O) groups is 1. The van der Waals surface area contributed by atoms with Gasteiger partial charge in [-0.3, -0.25) is 0 Å². The fraction of sp³-hybridized carbons (Fsp3) is 0.480. The number of amides is 1. The molecule has 3 heterocycles. The van der Waals surface area contributed by atoms with Crippen molar-refractivity contribution in [2.24, 2.45) is 0 Å². The van der Waals surface area contributed by atoms with Crippen molar-refractivity contribution in [3.05, 3.63) is 42.2 Å². The Bertz CT molecular complexity index is 1450. The number of likely N-dealkylation sites (tertiary alicyclic amines) is 1. The van der Waals surface area contributed by atoms with Gasteiger partial charge in [0.15, 0.2) is 21.2 Å². The number of hydrogen-bond donors (Lipinski definition) is 1. The second-order valence-electron chi connectivity index (χ2n) is 9.77. The average Bonchev–Trinajstić information content (AvgIpc) is 3.31. The van der Waals surface area contributed by atoms with Gasteiger partial charge in [0.1, 0.15) is 23.8 Å². The number of nitrogens with one attached hydrogen (secondary N) is 1. The first-order chi connectivity index (χ1) is 18.0. The van der Waals surface area contributed by atoms with E-state index in [1.165, 1.54) is 24.7 Å². The number of ether oxygens (including phenoxy) is 1. The van der Waals surface area contributed by atoms with Crippen LogP contribution in [0.4, 0.5) is 29.5 Å². The number of alkyl halides is 2. The monoisotopic (exact) mass is 552 g/mol. The Morgan fingerprint density at radius 2 is 1.95 bits per heavy atom. The maximum Gasteiger partial charge on any atom is 0.410 e. The van der Waals surface area contributed by atoms with Crippen LogP contribution in [0.1, 0.15) is 56.6 Å². The number of carbonyl (C=O) groups excluding carboxylic acids is 1. The summed E-state index contributed by atoms with van der Waals surface area (Å²) in [4.78, 5) is 23.0. The first-order valence-electron chi connectivity index (χ1n) is 12.4. The number of rotatable bonds is 5. The van der Waals surface area contributed by atoms with Gasteiger partial charge in [-0.15, -0.1) is 0 Å². The summed E-state index contributed by atoms with van der Waals surface area (Å²) in [6, 6.07) is 3.09. The molecule has 1 saturated heterocycles. The molecule has 2 aromatic heterocycles. The summed E-state index contributed by atoms with van der Waals surface area (Å²) in [5, 5.41) is 2.82. The van der Waals surface area contributed by atoms with Gasteiger partial charge >= 0.3 is 6.09 Å². The molecule has 2 fully saturated rings. The molecule has 1 aliphatic carbocycles. The highest BCUT2D eigenvalue weighted by Gasteiger charge is 2.38. The molecule has 1 N–H and O–H groups in total. The van der Waals surface area contributed by atoms with Gasteiger partial charge in [-0.05, 0) is 50.3 Å². The van der Waals surface area contributed by atoms with Crippen LogP contribution in [0.3, 0.4) is 0 Å². The molecule has 1 unspecified atom stereocenters. The lowest BCUT2D eigenvalue weighted by molar-refractivity contribution is -0.0706. The zero-order valence-corrected chi connectivity index (χ0v) is 21.4. The molecule has 1 aliphatic heterocycles. The summed E-state index contributed by atoms with van der Waals surface area (Å²) in [5.41, 5.74) is 1.29. The number of benzene rings is 1. The van der Waals surface area contributed by atoms with Gasteiger partial charge < -0.3 is 19.4 Å². The number of anilines is 2. The molecule has 2 aliphatic rings. The van der Waals surface area contributed by atoms with Gasteiger partial charge in [0.25, 0.3) is 0 Å². The number of piperidine rings is 1. The lowest BCUT2D eigenvalue weighted by Gasteiger charge is -2.36. The Kier molecular flexibility index (Phi) is 6.97. The fourth-order valence-electron chi connectivity index (χ4n) is 4.97. The quantitative estimate of drug-likeness (QED) is 0.426. The maximum atomic E-state index is 14.6. The van der Waals surface area contributed by atoms with E-state index in [1.54, 1.807) is 4.90 Å². The third-order valence-electron chi connectivity index (χ3n) is 7.03. The molecule has 5 rings (SSSR count). The molecule has 0 spiro atoms. The van der Waals surface area contributed by atoms with Crippen LogP contribution >= 0.6 is 0 Å². The lowest BCUT2D eigenvalue weighted by Crippen LogP contribution is -2.41. The van der Waals surface area contributed by atoms with Crippen molar-refractivity contribution in [3.63, 3.8) is 0 Å². The summed E-state index contributed by atoms with van der Waals surface area (Å²) in [6.45, 7) is 0.438. The van der Waals surface area contributed by atoms with Crippen molar-refractivity contribution in [3.8, 4) is 0 Å². The number of fused-ring (bicyclic) bond motifs is 1. The highest BCUT2D eigenvalue weighted by Crippen LogP contribution is 2.39. The first-order valence-corrected chi connectivity index (χ1v) is 14.2. The van der Waals surface area contributed by atoms with E-state index in [-0.39, 0.29) is 47.7 Å². The second-order valence-corrected chi connectivity index (χ2v) is 11.8. The molecular formula is C25H27F3N4O5S. The largest absolute Gasteiger partial charge is 0.458 e. The van der Waals surface area contributed by atoms with Gasteiger partial charge in [-0.25, -0.2) is 36.4 Å². The van der Waals surface area contributed by atoms with Crippen molar-refractivity contribution < 1.29 is 35.5 Å². The number of aromatic nitrogens is 2. The summed E-state index contributed by atoms with van der Waals surface area (Å²) < 4.78 is 76.4. The van der Waals surface area contributed by atoms with E-state index in [4.69, 9.17) is 9.15 Å². The van der Waals surface area contributed by atoms with Gasteiger partial charge in [0, 0.05) is 31.2 Å². The van der Waals surface area contributed by atoms with Gasteiger partial charge in [-0.2, -0.15) is 0 Å². The van der Waals surface area contributed by atoms with Crippen LogP contribution < -0.4 is 5.32 Å². The minimum atomic E-state index is -3.57. The van der Waals surface area contributed by atoms with Crippen molar-refractivity contribution in [1.82, 2.24) is 14.9 Å². The van der Waals surface area contributed by atoms with Crippen molar-refractivity contribution >= 4 is 38.5 Å². The Morgan fingerprint density at radius 1 is 1.18 bits per heavy atom. The molecule has 1 amide bonds. The molecule has 0 radical (unpaired) electrons. The van der Waals surface area contributed by atoms with Gasteiger partial charge in [-0.1, -0.05) is 0 Å². The minimum Gasteiger partial charge on any atom is -0.458 e. The lowest BCUT2D eigenvalue weighted by atomic mass is 9.94. The normalized spacial score (nSPS) is 20.4. The Hall–Kier alpha value is -3.35. The molecule has 1 saturated carbocycles. The highest BCUT2D eigenvalue weighted by atomic mass is 32.2. The number of sulfone groups is 1. The Balaban J connectivity index is 1.37. The van der Waals surface area contributed by atoms with Gasteiger partial charge in [0.05, 0.1) is 22.9 Å². The molecule has 1 atom stereocenters. The summed E-state index contributed by atoms with van der Waals surface area (Å²) >= 11 is 0. The zero-order valence-electron chi connectivity index (χ0n) is 20.6. The Labute approximate surface area is 217 Å². The van der Waals surface area contributed by atoms with Crippen LogP contribution in [0.5, 0.6) is 0 Å². The van der Waals surface area contributed by atoms with E-state index < -0.39 is 39.8 Å². The van der Waals surface area contributed by atoms with E-state index in [0.29, 0.717) is 24.0 Å².